The second-order valence-corrected chi connectivity index (χ2v) is 11.3. The van der Waals surface area contributed by atoms with E-state index in [0.717, 1.165) is 67.3 Å². The molecule has 4 aromatic rings. The molecule has 1 aliphatic rings. The number of nitrogens with zero attached hydrogens (tertiary/aromatic N) is 3. The average molecular weight is 554 g/mol. The van der Waals surface area contributed by atoms with Crippen LogP contribution in [0.1, 0.15) is 64.9 Å². The van der Waals surface area contributed by atoms with Crippen molar-refractivity contribution in [2.75, 3.05) is 6.61 Å². The number of carbonyl (C=O) groups excluding carboxylic acids is 1. The van der Waals surface area contributed by atoms with Gasteiger partial charge in [-0.2, -0.15) is 5.10 Å². The number of halogens is 2. The van der Waals surface area contributed by atoms with Crippen molar-refractivity contribution >= 4 is 40.0 Å². The molecule has 8 heteroatoms. The van der Waals surface area contributed by atoms with Gasteiger partial charge in [0.25, 0.3) is 5.91 Å². The quantitative estimate of drug-likeness (QED) is 0.255. The minimum Gasteiger partial charge on any atom is -0.494 e. The Morgan fingerprint density at radius 1 is 1.05 bits per heavy atom. The van der Waals surface area contributed by atoms with Crippen molar-refractivity contribution in [3.05, 3.63) is 68.1 Å². The van der Waals surface area contributed by atoms with Crippen LogP contribution in [0.2, 0.25) is 10.0 Å². The lowest BCUT2D eigenvalue weighted by molar-refractivity contribution is 0.0890. The molecule has 1 aliphatic heterocycles. The van der Waals surface area contributed by atoms with Gasteiger partial charge in [-0.3, -0.25) is 9.48 Å². The van der Waals surface area contributed by atoms with E-state index in [2.05, 4.69) is 34.9 Å². The lowest BCUT2D eigenvalue weighted by Gasteiger charge is -2.31. The Morgan fingerprint density at radius 2 is 1.74 bits per heavy atom. The van der Waals surface area contributed by atoms with E-state index in [0.29, 0.717) is 23.7 Å². The van der Waals surface area contributed by atoms with E-state index in [4.69, 9.17) is 27.9 Å². The van der Waals surface area contributed by atoms with Crippen molar-refractivity contribution in [2.24, 2.45) is 7.05 Å². The third-order valence-electron chi connectivity index (χ3n) is 7.93. The zero-order valence-electron chi connectivity index (χ0n) is 23.0. The Bertz CT molecular complexity index is 1560. The van der Waals surface area contributed by atoms with Gasteiger partial charge in [0.15, 0.2) is 0 Å². The maximum atomic E-state index is 13.4. The van der Waals surface area contributed by atoms with Crippen LogP contribution in [-0.4, -0.2) is 32.9 Å². The first-order valence-electron chi connectivity index (χ1n) is 13.1. The Hall–Kier alpha value is -2.96. The fraction of sp³-hybridized carbons (Fsp3) is 0.400. The van der Waals surface area contributed by atoms with Crippen LogP contribution in [0.5, 0.6) is 5.75 Å². The number of hydrogen-bond donors (Lipinski definition) is 1. The van der Waals surface area contributed by atoms with E-state index in [-0.39, 0.29) is 18.0 Å². The van der Waals surface area contributed by atoms with Crippen LogP contribution in [0, 0.1) is 27.7 Å². The van der Waals surface area contributed by atoms with E-state index in [9.17, 15) is 4.79 Å². The average Bonchev–Trinajstić information content (AvgIpc) is 3.32. The smallest absolute Gasteiger partial charge is 0.268 e. The molecule has 1 N–H and O–H groups in total. The first kappa shape index (κ1) is 26.6. The fourth-order valence-corrected chi connectivity index (χ4v) is 6.13. The van der Waals surface area contributed by atoms with E-state index in [1.807, 2.05) is 57.6 Å². The number of ether oxygens (including phenoxy) is 1. The Morgan fingerprint density at radius 3 is 2.37 bits per heavy atom. The molecule has 0 radical (unpaired) electrons. The summed E-state index contributed by atoms with van der Waals surface area (Å²) in [6.45, 7) is 12.8. The molecule has 0 saturated heterocycles. The summed E-state index contributed by atoms with van der Waals surface area (Å²) in [6.07, 6.45) is 1.46. The van der Waals surface area contributed by atoms with E-state index < -0.39 is 0 Å². The summed E-state index contributed by atoms with van der Waals surface area (Å²) in [5.74, 6) is 0.762. The van der Waals surface area contributed by atoms with Crippen molar-refractivity contribution in [1.29, 1.82) is 0 Å². The minimum atomic E-state index is -0.0478. The predicted molar refractivity (Wildman–Crippen MR) is 155 cm³/mol. The molecular weight excluding hydrogens is 519 g/mol. The Kier molecular flexibility index (Phi) is 6.99. The molecule has 38 heavy (non-hydrogen) atoms. The van der Waals surface area contributed by atoms with Gasteiger partial charge >= 0.3 is 0 Å². The van der Waals surface area contributed by atoms with Crippen LogP contribution >= 0.6 is 23.2 Å². The van der Waals surface area contributed by atoms with Crippen molar-refractivity contribution in [2.45, 2.75) is 66.5 Å². The van der Waals surface area contributed by atoms with Crippen molar-refractivity contribution < 1.29 is 9.53 Å². The van der Waals surface area contributed by atoms with Crippen LogP contribution in [-0.2, 0) is 13.5 Å². The number of aromatic nitrogens is 3. The highest BCUT2D eigenvalue weighted by Gasteiger charge is 2.35. The summed E-state index contributed by atoms with van der Waals surface area (Å²) >= 11 is 13.2. The molecule has 1 amide bonds. The maximum Gasteiger partial charge on any atom is 0.268 e. The van der Waals surface area contributed by atoms with Crippen molar-refractivity contribution in [3.8, 4) is 16.9 Å². The second-order valence-electron chi connectivity index (χ2n) is 10.5. The topological polar surface area (TPSA) is 61.1 Å². The summed E-state index contributed by atoms with van der Waals surface area (Å²) in [5.41, 5.74) is 8.66. The van der Waals surface area contributed by atoms with Crippen molar-refractivity contribution in [1.82, 2.24) is 19.7 Å². The summed E-state index contributed by atoms with van der Waals surface area (Å²) in [7, 11) is 1.95. The lowest BCUT2D eigenvalue weighted by Crippen LogP contribution is -2.45. The Balaban J connectivity index is 1.59. The lowest BCUT2D eigenvalue weighted by atomic mass is 9.98. The summed E-state index contributed by atoms with van der Waals surface area (Å²) < 4.78 is 10.2. The number of rotatable bonds is 6. The largest absolute Gasteiger partial charge is 0.494 e. The number of carbonyl (C=O) groups is 1. The van der Waals surface area contributed by atoms with E-state index in [1.165, 1.54) is 0 Å². The maximum absolute atomic E-state index is 13.4. The molecule has 5 rings (SSSR count). The number of hydrogen-bond acceptors (Lipinski definition) is 3. The zero-order valence-corrected chi connectivity index (χ0v) is 24.5. The summed E-state index contributed by atoms with van der Waals surface area (Å²) in [6, 6.07) is 7.98. The molecule has 0 bridgehead atoms. The van der Waals surface area contributed by atoms with Gasteiger partial charge in [0.05, 0.1) is 28.9 Å². The normalized spacial score (nSPS) is 17.1. The van der Waals surface area contributed by atoms with Gasteiger partial charge in [-0.15, -0.1) is 0 Å². The molecule has 0 aliphatic carbocycles. The van der Waals surface area contributed by atoms with Gasteiger partial charge in [-0.1, -0.05) is 29.3 Å². The molecule has 200 valence electrons. The first-order valence-corrected chi connectivity index (χ1v) is 13.8. The number of benzene rings is 2. The fourth-order valence-electron chi connectivity index (χ4n) is 5.77. The summed E-state index contributed by atoms with van der Waals surface area (Å²) in [5, 5.41) is 10.3. The highest BCUT2D eigenvalue weighted by Crippen LogP contribution is 2.44. The van der Waals surface area contributed by atoms with Crippen LogP contribution < -0.4 is 10.1 Å². The van der Waals surface area contributed by atoms with Crippen LogP contribution in [0.25, 0.3) is 22.0 Å². The van der Waals surface area contributed by atoms with E-state index in [1.54, 1.807) is 0 Å². The van der Waals surface area contributed by atoms with Crippen LogP contribution in [0.3, 0.4) is 0 Å². The number of nitrogens with one attached hydrogen (secondary N) is 1. The molecule has 6 nitrogen and oxygen atoms in total. The monoisotopic (exact) mass is 552 g/mol. The third kappa shape index (κ3) is 4.28. The highest BCUT2D eigenvalue weighted by molar-refractivity contribution is 6.35. The van der Waals surface area contributed by atoms with Crippen LogP contribution in [0.4, 0.5) is 0 Å². The molecular formula is C30H34Cl2N4O2. The molecule has 2 aromatic carbocycles. The van der Waals surface area contributed by atoms with Gasteiger partial charge in [-0.05, 0) is 89.3 Å². The highest BCUT2D eigenvalue weighted by atomic mass is 35.5. The molecule has 0 fully saturated rings. The van der Waals surface area contributed by atoms with Crippen LogP contribution in [0.15, 0.2) is 24.3 Å². The molecule has 0 spiro atoms. The molecule has 3 heterocycles. The van der Waals surface area contributed by atoms with Gasteiger partial charge in [-0.25, -0.2) is 0 Å². The SMILES string of the molecule is Cc1cc(OCCCc2c3n(c4c(-c5c(C)nn(C)c5C)c(Cl)ccc24)C(C)C(C)NC3=O)cc(C)c1Cl. The standard InChI is InChI=1S/C30H34Cl2N4O2/c1-15-13-21(14-16(2)27(15)32)38-12-8-9-22-23-10-11-24(31)26(25-18(4)34-35(7)20(25)6)28(23)36-19(5)17(3)33-30(37)29(22)36/h10-11,13-14,17,19H,8-9,12H2,1-7H3,(H,33,37). The zero-order chi connectivity index (χ0) is 27.5. The molecule has 0 saturated carbocycles. The molecule has 2 aromatic heterocycles. The first-order chi connectivity index (χ1) is 18.0. The molecule has 2 unspecified atom stereocenters. The van der Waals surface area contributed by atoms with E-state index >= 15 is 0 Å². The number of amides is 1. The van der Waals surface area contributed by atoms with Gasteiger partial charge in [0.2, 0.25) is 0 Å². The van der Waals surface area contributed by atoms with Gasteiger partial charge in [0, 0.05) is 40.3 Å². The molecule has 2 atom stereocenters. The third-order valence-corrected chi connectivity index (χ3v) is 8.84. The van der Waals surface area contributed by atoms with Gasteiger partial charge < -0.3 is 14.6 Å². The number of fused-ring (bicyclic) bond motifs is 3. The summed E-state index contributed by atoms with van der Waals surface area (Å²) in [4.78, 5) is 13.4. The van der Waals surface area contributed by atoms with Crippen molar-refractivity contribution in [3.63, 3.8) is 0 Å². The Labute approximate surface area is 233 Å². The second kappa shape index (κ2) is 9.97. The predicted octanol–water partition coefficient (Wildman–Crippen LogP) is 7.29. The number of aryl methyl sites for hydroxylation is 5. The van der Waals surface area contributed by atoms with Gasteiger partial charge in [0.1, 0.15) is 11.4 Å². The minimum absolute atomic E-state index is 0.0129.